The van der Waals surface area contributed by atoms with Gasteiger partial charge in [0.05, 0.1) is 5.02 Å². The van der Waals surface area contributed by atoms with Crippen LogP contribution in [-0.4, -0.2) is 11.8 Å². The van der Waals surface area contributed by atoms with Crippen molar-refractivity contribution in [1.82, 2.24) is 0 Å². The third kappa shape index (κ3) is 3.57. The summed E-state index contributed by atoms with van der Waals surface area (Å²) in [5.41, 5.74) is 6.89. The first-order chi connectivity index (χ1) is 12.0. The quantitative estimate of drug-likeness (QED) is 0.658. The molecular formula is C19H15ClN2O2S. The average Bonchev–Trinajstić information content (AvgIpc) is 2.91. The summed E-state index contributed by atoms with van der Waals surface area (Å²) in [6, 6.07) is 12.8. The molecule has 2 amide bonds. The van der Waals surface area contributed by atoms with E-state index in [9.17, 15) is 9.59 Å². The number of amides is 2. The van der Waals surface area contributed by atoms with E-state index in [1.54, 1.807) is 31.2 Å². The number of thiophene rings is 1. The van der Waals surface area contributed by atoms with Gasteiger partial charge in [0.25, 0.3) is 0 Å². The molecule has 0 aliphatic rings. The molecule has 1 aromatic heterocycles. The zero-order valence-electron chi connectivity index (χ0n) is 13.4. The van der Waals surface area contributed by atoms with Crippen molar-refractivity contribution in [3.05, 3.63) is 69.6 Å². The molecule has 25 heavy (non-hydrogen) atoms. The van der Waals surface area contributed by atoms with Gasteiger partial charge in [0.1, 0.15) is 0 Å². The molecule has 0 spiro atoms. The van der Waals surface area contributed by atoms with Crippen LogP contribution < -0.4 is 11.1 Å². The summed E-state index contributed by atoms with van der Waals surface area (Å²) >= 11 is 7.88. The van der Waals surface area contributed by atoms with E-state index in [0.717, 1.165) is 15.0 Å². The highest BCUT2D eigenvalue weighted by molar-refractivity contribution is 7.20. The molecule has 4 nitrogen and oxygen atoms in total. The number of benzene rings is 2. The molecule has 0 aliphatic heterocycles. The number of fused-ring (bicyclic) bond motifs is 1. The fourth-order valence-electron chi connectivity index (χ4n) is 2.50. The van der Waals surface area contributed by atoms with Gasteiger partial charge in [-0.1, -0.05) is 35.9 Å². The highest BCUT2D eigenvalue weighted by Gasteiger charge is 2.10. The number of hydrogen-bond donors (Lipinski definition) is 2. The van der Waals surface area contributed by atoms with Crippen LogP contribution in [0.25, 0.3) is 16.2 Å². The van der Waals surface area contributed by atoms with E-state index in [-0.39, 0.29) is 5.91 Å². The van der Waals surface area contributed by atoms with Crippen LogP contribution in [0.15, 0.2) is 48.5 Å². The second-order valence-electron chi connectivity index (χ2n) is 5.44. The van der Waals surface area contributed by atoms with Gasteiger partial charge in [0.2, 0.25) is 11.8 Å². The molecule has 0 radical (unpaired) electrons. The first kappa shape index (κ1) is 17.2. The molecule has 6 heteroatoms. The molecule has 0 fully saturated rings. The second kappa shape index (κ2) is 7.09. The maximum Gasteiger partial charge on any atom is 0.249 e. The summed E-state index contributed by atoms with van der Waals surface area (Å²) in [5.74, 6) is -0.834. The summed E-state index contributed by atoms with van der Waals surface area (Å²) < 4.78 is 1.07. The molecular weight excluding hydrogens is 356 g/mol. The number of hydrogen-bond acceptors (Lipinski definition) is 3. The summed E-state index contributed by atoms with van der Waals surface area (Å²) in [5, 5.41) is 4.36. The van der Waals surface area contributed by atoms with Crippen molar-refractivity contribution in [2.75, 3.05) is 5.32 Å². The van der Waals surface area contributed by atoms with Crippen LogP contribution in [0.2, 0.25) is 5.02 Å². The van der Waals surface area contributed by atoms with Crippen molar-refractivity contribution in [2.24, 2.45) is 5.73 Å². The van der Waals surface area contributed by atoms with Crippen molar-refractivity contribution in [3.8, 4) is 0 Å². The number of nitrogens with one attached hydrogen (secondary N) is 1. The molecule has 0 saturated heterocycles. The fraction of sp³-hybridized carbons (Fsp3) is 0.0526. The van der Waals surface area contributed by atoms with Crippen molar-refractivity contribution >= 4 is 56.6 Å². The zero-order valence-corrected chi connectivity index (χ0v) is 14.9. The lowest BCUT2D eigenvalue weighted by Crippen LogP contribution is -2.15. The molecule has 3 N–H and O–H groups in total. The summed E-state index contributed by atoms with van der Waals surface area (Å²) in [6.07, 6.45) is 3.11. The minimum absolute atomic E-state index is 0.307. The SMILES string of the molecule is Cc1c(NC(=O)/C=C/c2sc3ccccc3c2Cl)cccc1C(N)=O. The molecule has 0 aliphatic carbocycles. The first-order valence-electron chi connectivity index (χ1n) is 7.53. The number of nitrogens with two attached hydrogens (primary N) is 1. The number of carbonyl (C=O) groups is 2. The van der Waals surface area contributed by atoms with Gasteiger partial charge in [-0.3, -0.25) is 9.59 Å². The van der Waals surface area contributed by atoms with Gasteiger partial charge >= 0.3 is 0 Å². The van der Waals surface area contributed by atoms with Crippen molar-refractivity contribution in [2.45, 2.75) is 6.92 Å². The fourth-order valence-corrected chi connectivity index (χ4v) is 3.90. The Morgan fingerprint density at radius 3 is 2.64 bits per heavy atom. The number of carbonyl (C=O) groups excluding carboxylic acids is 2. The van der Waals surface area contributed by atoms with Crippen LogP contribution in [0.4, 0.5) is 5.69 Å². The van der Waals surface area contributed by atoms with Crippen LogP contribution >= 0.6 is 22.9 Å². The Morgan fingerprint density at radius 2 is 1.92 bits per heavy atom. The lowest BCUT2D eigenvalue weighted by molar-refractivity contribution is -0.111. The zero-order chi connectivity index (χ0) is 18.0. The van der Waals surface area contributed by atoms with Gasteiger partial charge in [-0.25, -0.2) is 0 Å². The maximum atomic E-state index is 12.2. The molecule has 126 valence electrons. The van der Waals surface area contributed by atoms with Gasteiger partial charge in [0, 0.05) is 32.3 Å². The highest BCUT2D eigenvalue weighted by atomic mass is 35.5. The predicted molar refractivity (Wildman–Crippen MR) is 104 cm³/mol. The molecule has 0 bridgehead atoms. The normalized spacial score (nSPS) is 11.1. The largest absolute Gasteiger partial charge is 0.366 e. The van der Waals surface area contributed by atoms with Crippen LogP contribution in [-0.2, 0) is 4.79 Å². The minimum Gasteiger partial charge on any atom is -0.366 e. The molecule has 0 saturated carbocycles. The molecule has 0 atom stereocenters. The third-order valence-corrected chi connectivity index (χ3v) is 5.46. The van der Waals surface area contributed by atoms with E-state index in [1.807, 2.05) is 24.3 Å². The van der Waals surface area contributed by atoms with Gasteiger partial charge in [0.15, 0.2) is 0 Å². The second-order valence-corrected chi connectivity index (χ2v) is 6.90. The minimum atomic E-state index is -0.527. The van der Waals surface area contributed by atoms with E-state index < -0.39 is 5.91 Å². The van der Waals surface area contributed by atoms with Gasteiger partial charge in [-0.2, -0.15) is 0 Å². The first-order valence-corrected chi connectivity index (χ1v) is 8.72. The van der Waals surface area contributed by atoms with Crippen LogP contribution in [0.1, 0.15) is 20.8 Å². The number of rotatable bonds is 4. The van der Waals surface area contributed by atoms with Crippen LogP contribution in [0, 0.1) is 6.92 Å². The van der Waals surface area contributed by atoms with Crippen molar-refractivity contribution in [1.29, 1.82) is 0 Å². The van der Waals surface area contributed by atoms with Gasteiger partial charge in [-0.15, -0.1) is 11.3 Å². The standard InChI is InChI=1S/C19H15ClN2O2S/c1-11-12(19(21)24)6-4-7-14(11)22-17(23)10-9-16-18(20)13-5-2-3-8-15(13)25-16/h2-10H,1H3,(H2,21,24)(H,22,23)/b10-9+. The average molecular weight is 371 g/mol. The van der Waals surface area contributed by atoms with Crippen molar-refractivity contribution < 1.29 is 9.59 Å². The lowest BCUT2D eigenvalue weighted by atomic mass is 10.1. The Morgan fingerprint density at radius 1 is 1.16 bits per heavy atom. The maximum absolute atomic E-state index is 12.2. The third-order valence-electron chi connectivity index (χ3n) is 3.80. The smallest absolute Gasteiger partial charge is 0.249 e. The Labute approximate surface area is 153 Å². The number of halogens is 1. The van der Waals surface area contributed by atoms with E-state index in [0.29, 0.717) is 21.8 Å². The molecule has 2 aromatic carbocycles. The Hall–Kier alpha value is -2.63. The Kier molecular flexibility index (Phi) is 4.88. The Bertz CT molecular complexity index is 1010. The summed E-state index contributed by atoms with van der Waals surface area (Å²) in [7, 11) is 0. The van der Waals surface area contributed by atoms with Crippen LogP contribution in [0.3, 0.4) is 0 Å². The van der Waals surface area contributed by atoms with E-state index in [2.05, 4.69) is 5.32 Å². The number of primary amides is 1. The Balaban J connectivity index is 1.80. The van der Waals surface area contributed by atoms with E-state index in [4.69, 9.17) is 17.3 Å². The molecule has 3 aromatic rings. The van der Waals surface area contributed by atoms with E-state index >= 15 is 0 Å². The summed E-state index contributed by atoms with van der Waals surface area (Å²) in [4.78, 5) is 24.4. The lowest BCUT2D eigenvalue weighted by Gasteiger charge is -2.09. The van der Waals surface area contributed by atoms with Gasteiger partial charge < -0.3 is 11.1 Å². The topological polar surface area (TPSA) is 72.2 Å². The van der Waals surface area contributed by atoms with Crippen molar-refractivity contribution in [3.63, 3.8) is 0 Å². The van der Waals surface area contributed by atoms with Crippen LogP contribution in [0.5, 0.6) is 0 Å². The molecule has 0 unspecified atom stereocenters. The van der Waals surface area contributed by atoms with E-state index in [1.165, 1.54) is 17.4 Å². The summed E-state index contributed by atoms with van der Waals surface area (Å²) in [6.45, 7) is 1.74. The monoisotopic (exact) mass is 370 g/mol. The van der Waals surface area contributed by atoms with Gasteiger partial charge in [-0.05, 0) is 36.8 Å². The highest BCUT2D eigenvalue weighted by Crippen LogP contribution is 2.35. The molecule has 1 heterocycles. The predicted octanol–water partition coefficient (Wildman–Crippen LogP) is 4.61. The molecule has 3 rings (SSSR count). The number of anilines is 1.